The highest BCUT2D eigenvalue weighted by Crippen LogP contribution is 2.16. The summed E-state index contributed by atoms with van der Waals surface area (Å²) in [6.07, 6.45) is 3.59. The van der Waals surface area contributed by atoms with Crippen molar-refractivity contribution in [2.75, 3.05) is 47.3 Å². The number of rotatable bonds is 11. The zero-order valence-electron chi connectivity index (χ0n) is 14.3. The minimum absolute atomic E-state index is 0.474. The molecule has 0 fully saturated rings. The normalized spacial score (nSPS) is 13.0. The Morgan fingerprint density at radius 2 is 1.71 bits per heavy atom. The molecule has 0 heterocycles. The van der Waals surface area contributed by atoms with Crippen LogP contribution in [0.3, 0.4) is 0 Å². The lowest BCUT2D eigenvalue weighted by Gasteiger charge is -2.23. The van der Waals surface area contributed by atoms with E-state index in [4.69, 9.17) is 0 Å². The molecule has 1 rings (SSSR count). The molecule has 120 valence electrons. The molecule has 0 saturated carbocycles. The third-order valence-corrected chi connectivity index (χ3v) is 3.79. The fourth-order valence-electron chi connectivity index (χ4n) is 2.51. The van der Waals surface area contributed by atoms with Gasteiger partial charge in [-0.25, -0.2) is 0 Å². The van der Waals surface area contributed by atoms with Gasteiger partial charge in [-0.2, -0.15) is 0 Å². The summed E-state index contributed by atoms with van der Waals surface area (Å²) in [5.41, 5.74) is 1.41. The van der Waals surface area contributed by atoms with E-state index in [1.807, 2.05) is 0 Å². The van der Waals surface area contributed by atoms with E-state index >= 15 is 0 Å². The van der Waals surface area contributed by atoms with Crippen LogP contribution >= 0.6 is 0 Å². The van der Waals surface area contributed by atoms with Gasteiger partial charge in [-0.15, -0.1) is 0 Å². The topological polar surface area (TPSA) is 18.5 Å². The molecule has 0 aliphatic heterocycles. The molecule has 1 N–H and O–H groups in total. The average Bonchev–Trinajstić information content (AvgIpc) is 2.48. The Hall–Kier alpha value is -0.900. The number of nitrogens with one attached hydrogen (secondary N) is 1. The largest absolute Gasteiger partial charge is 0.310 e. The summed E-state index contributed by atoms with van der Waals surface area (Å²) in [7, 11) is 6.51. The van der Waals surface area contributed by atoms with Gasteiger partial charge in [0.25, 0.3) is 0 Å². The van der Waals surface area contributed by atoms with Gasteiger partial charge in [0, 0.05) is 6.04 Å². The molecule has 1 aromatic carbocycles. The maximum Gasteiger partial charge on any atom is 0.0332 e. The Kier molecular flexibility index (Phi) is 9.31. The van der Waals surface area contributed by atoms with Crippen molar-refractivity contribution in [2.45, 2.75) is 32.2 Å². The van der Waals surface area contributed by atoms with E-state index in [2.05, 4.69) is 73.5 Å². The molecule has 1 unspecified atom stereocenters. The second-order valence-corrected chi connectivity index (χ2v) is 6.17. The number of hydrogen-bond acceptors (Lipinski definition) is 3. The molecule has 0 aromatic heterocycles. The lowest BCUT2D eigenvalue weighted by Crippen LogP contribution is -2.29. The summed E-state index contributed by atoms with van der Waals surface area (Å²) < 4.78 is 0. The minimum atomic E-state index is 0.474. The molecule has 0 radical (unpaired) electrons. The van der Waals surface area contributed by atoms with Crippen molar-refractivity contribution >= 4 is 0 Å². The monoisotopic (exact) mass is 291 g/mol. The summed E-state index contributed by atoms with van der Waals surface area (Å²) >= 11 is 0. The van der Waals surface area contributed by atoms with Crippen LogP contribution in [0.15, 0.2) is 30.3 Å². The van der Waals surface area contributed by atoms with Gasteiger partial charge in [0.15, 0.2) is 0 Å². The molecular formula is C18H33N3. The highest BCUT2D eigenvalue weighted by atomic mass is 15.1. The highest BCUT2D eigenvalue weighted by Gasteiger charge is 2.11. The highest BCUT2D eigenvalue weighted by molar-refractivity contribution is 5.18. The van der Waals surface area contributed by atoms with E-state index in [0.717, 1.165) is 13.1 Å². The Bertz CT molecular complexity index is 351. The van der Waals surface area contributed by atoms with Crippen LogP contribution in [0.5, 0.6) is 0 Å². The molecule has 0 aliphatic rings. The lowest BCUT2D eigenvalue weighted by molar-refractivity contribution is 0.284. The Morgan fingerprint density at radius 3 is 2.33 bits per heavy atom. The van der Waals surface area contributed by atoms with E-state index in [-0.39, 0.29) is 0 Å². The van der Waals surface area contributed by atoms with Crippen molar-refractivity contribution in [2.24, 2.45) is 0 Å². The SMILES string of the molecule is CCCNC(CCN(C)CCCN(C)C)c1ccccc1. The average molecular weight is 291 g/mol. The maximum atomic E-state index is 3.68. The Balaban J connectivity index is 2.39. The first-order valence-electron chi connectivity index (χ1n) is 8.25. The third kappa shape index (κ3) is 8.20. The van der Waals surface area contributed by atoms with Gasteiger partial charge in [-0.05, 0) is 72.1 Å². The predicted octanol–water partition coefficient (Wildman–Crippen LogP) is 3.00. The molecule has 1 aromatic rings. The number of nitrogens with zero attached hydrogens (tertiary/aromatic N) is 2. The van der Waals surface area contributed by atoms with Gasteiger partial charge in [0.05, 0.1) is 0 Å². The summed E-state index contributed by atoms with van der Waals surface area (Å²) in [6, 6.07) is 11.3. The van der Waals surface area contributed by atoms with Gasteiger partial charge >= 0.3 is 0 Å². The minimum Gasteiger partial charge on any atom is -0.310 e. The Morgan fingerprint density at radius 1 is 1.00 bits per heavy atom. The summed E-state index contributed by atoms with van der Waals surface area (Å²) in [5.74, 6) is 0. The van der Waals surface area contributed by atoms with Crippen LogP contribution in [0.25, 0.3) is 0 Å². The summed E-state index contributed by atoms with van der Waals surface area (Å²) in [6.45, 7) is 6.80. The van der Waals surface area contributed by atoms with Crippen molar-refractivity contribution in [1.82, 2.24) is 15.1 Å². The van der Waals surface area contributed by atoms with Crippen LogP contribution in [0, 0.1) is 0 Å². The molecule has 3 nitrogen and oxygen atoms in total. The van der Waals surface area contributed by atoms with Crippen molar-refractivity contribution < 1.29 is 0 Å². The van der Waals surface area contributed by atoms with Crippen molar-refractivity contribution in [3.8, 4) is 0 Å². The van der Waals surface area contributed by atoms with Gasteiger partial charge in [0.1, 0.15) is 0 Å². The quantitative estimate of drug-likeness (QED) is 0.676. The number of hydrogen-bond donors (Lipinski definition) is 1. The van der Waals surface area contributed by atoms with Crippen LogP contribution in [-0.4, -0.2) is 57.1 Å². The molecule has 0 amide bonds. The first-order chi connectivity index (χ1) is 10.1. The molecule has 1 atom stereocenters. The van der Waals surface area contributed by atoms with Crippen molar-refractivity contribution in [1.29, 1.82) is 0 Å². The fraction of sp³-hybridized carbons (Fsp3) is 0.667. The second kappa shape index (κ2) is 10.8. The molecule has 0 bridgehead atoms. The molecular weight excluding hydrogens is 258 g/mol. The first-order valence-corrected chi connectivity index (χ1v) is 8.25. The fourth-order valence-corrected chi connectivity index (χ4v) is 2.51. The van der Waals surface area contributed by atoms with Crippen LogP contribution < -0.4 is 5.32 Å². The summed E-state index contributed by atoms with van der Waals surface area (Å²) in [5, 5.41) is 3.68. The van der Waals surface area contributed by atoms with Crippen molar-refractivity contribution in [3.05, 3.63) is 35.9 Å². The van der Waals surface area contributed by atoms with E-state index in [1.54, 1.807) is 0 Å². The van der Waals surface area contributed by atoms with Gasteiger partial charge in [0.2, 0.25) is 0 Å². The second-order valence-electron chi connectivity index (χ2n) is 6.17. The first kappa shape index (κ1) is 18.1. The molecule has 3 heteroatoms. The van der Waals surface area contributed by atoms with E-state index < -0.39 is 0 Å². The number of benzene rings is 1. The van der Waals surface area contributed by atoms with Crippen LogP contribution in [0.4, 0.5) is 0 Å². The molecule has 21 heavy (non-hydrogen) atoms. The van der Waals surface area contributed by atoms with Crippen molar-refractivity contribution in [3.63, 3.8) is 0 Å². The smallest absolute Gasteiger partial charge is 0.0332 e. The van der Waals surface area contributed by atoms with E-state index in [9.17, 15) is 0 Å². The predicted molar refractivity (Wildman–Crippen MR) is 92.8 cm³/mol. The van der Waals surface area contributed by atoms with Crippen LogP contribution in [0.2, 0.25) is 0 Å². The van der Waals surface area contributed by atoms with E-state index in [0.29, 0.717) is 6.04 Å². The zero-order valence-corrected chi connectivity index (χ0v) is 14.3. The lowest BCUT2D eigenvalue weighted by atomic mass is 10.0. The van der Waals surface area contributed by atoms with Crippen LogP contribution in [0.1, 0.15) is 37.8 Å². The maximum absolute atomic E-state index is 3.68. The third-order valence-electron chi connectivity index (χ3n) is 3.79. The van der Waals surface area contributed by atoms with Gasteiger partial charge in [-0.3, -0.25) is 0 Å². The van der Waals surface area contributed by atoms with E-state index in [1.165, 1.54) is 37.9 Å². The summed E-state index contributed by atoms with van der Waals surface area (Å²) in [4.78, 5) is 4.70. The molecule has 0 aliphatic carbocycles. The van der Waals surface area contributed by atoms with Gasteiger partial charge in [-0.1, -0.05) is 37.3 Å². The Labute approximate surface area is 131 Å². The molecule has 0 saturated heterocycles. The molecule has 0 spiro atoms. The van der Waals surface area contributed by atoms with Crippen LogP contribution in [-0.2, 0) is 0 Å². The zero-order chi connectivity index (χ0) is 15.5. The van der Waals surface area contributed by atoms with Gasteiger partial charge < -0.3 is 15.1 Å². The standard InChI is InChI=1S/C18H33N3/c1-5-13-19-18(17-10-7-6-8-11-17)12-16-21(4)15-9-14-20(2)3/h6-8,10-11,18-19H,5,9,12-16H2,1-4H3.